The Hall–Kier alpha value is -2.10. The number of Topliss-reactive ketones (excluding diaryl/α,β-unsaturated/α-hetero) is 1. The summed E-state index contributed by atoms with van der Waals surface area (Å²) in [6, 6.07) is 13.6. The Bertz CT molecular complexity index is 852. The summed E-state index contributed by atoms with van der Waals surface area (Å²) in [5.74, 6) is -0.131. The predicted molar refractivity (Wildman–Crippen MR) is 105 cm³/mol. The fourth-order valence-electron chi connectivity index (χ4n) is 3.36. The first-order valence-electron chi connectivity index (χ1n) is 8.98. The minimum atomic E-state index is -0.560. The third-order valence-electron chi connectivity index (χ3n) is 4.85. The predicted octanol–water partition coefficient (Wildman–Crippen LogP) is 5.60. The molecule has 0 fully saturated rings. The van der Waals surface area contributed by atoms with Crippen LogP contribution < -0.4 is 0 Å². The lowest BCUT2D eigenvalue weighted by molar-refractivity contribution is -0.129. The van der Waals surface area contributed by atoms with E-state index in [-0.39, 0.29) is 11.5 Å². The number of aliphatic hydroxyl groups excluding tert-OH is 1. The normalized spacial score (nSPS) is 20.5. The van der Waals surface area contributed by atoms with E-state index in [0.29, 0.717) is 17.0 Å². The molecule has 0 spiro atoms. The summed E-state index contributed by atoms with van der Waals surface area (Å²) < 4.78 is 5.64. The molecule has 2 aromatic rings. The molecule has 136 valence electrons. The fourth-order valence-corrected chi connectivity index (χ4v) is 3.49. The van der Waals surface area contributed by atoms with Crippen LogP contribution in [0.15, 0.2) is 48.2 Å². The van der Waals surface area contributed by atoms with E-state index in [1.807, 2.05) is 56.3 Å². The second kappa shape index (κ2) is 7.65. The molecule has 0 unspecified atom stereocenters. The molecule has 3 nitrogen and oxygen atoms in total. The molecular formula is C22H23ClO3. The number of aliphatic hydroxyl groups is 1. The van der Waals surface area contributed by atoms with Crippen molar-refractivity contribution < 1.29 is 14.6 Å². The van der Waals surface area contributed by atoms with Crippen LogP contribution in [0.1, 0.15) is 38.3 Å². The van der Waals surface area contributed by atoms with E-state index in [0.717, 1.165) is 28.7 Å². The molecule has 0 saturated heterocycles. The summed E-state index contributed by atoms with van der Waals surface area (Å²) in [4.78, 5) is 12.8. The summed E-state index contributed by atoms with van der Waals surface area (Å²) in [6.07, 6.45) is 0.383. The number of benzene rings is 2. The second-order valence-corrected chi connectivity index (χ2v) is 6.97. The molecule has 1 N–H and O–H groups in total. The molecule has 1 aliphatic rings. The van der Waals surface area contributed by atoms with Gasteiger partial charge in [-0.25, -0.2) is 0 Å². The van der Waals surface area contributed by atoms with Crippen LogP contribution in [0.2, 0.25) is 5.02 Å². The van der Waals surface area contributed by atoms with E-state index in [1.165, 1.54) is 0 Å². The van der Waals surface area contributed by atoms with E-state index in [4.69, 9.17) is 16.3 Å². The molecule has 2 atom stereocenters. The van der Waals surface area contributed by atoms with Crippen LogP contribution in [0.4, 0.5) is 0 Å². The molecule has 0 saturated carbocycles. The van der Waals surface area contributed by atoms with Crippen LogP contribution in [0.25, 0.3) is 16.7 Å². The van der Waals surface area contributed by atoms with Crippen molar-refractivity contribution in [2.24, 2.45) is 0 Å². The van der Waals surface area contributed by atoms with Gasteiger partial charge in [0.05, 0.1) is 5.57 Å². The quantitative estimate of drug-likeness (QED) is 0.761. The van der Waals surface area contributed by atoms with E-state index in [2.05, 4.69) is 0 Å². The Morgan fingerprint density at radius 1 is 1.08 bits per heavy atom. The Morgan fingerprint density at radius 2 is 1.73 bits per heavy atom. The summed E-state index contributed by atoms with van der Waals surface area (Å²) in [5, 5.41) is 11.4. The molecule has 2 aromatic carbocycles. The van der Waals surface area contributed by atoms with Gasteiger partial charge in [-0.2, -0.15) is 0 Å². The van der Waals surface area contributed by atoms with Crippen LogP contribution in [-0.4, -0.2) is 23.1 Å². The molecule has 0 aliphatic carbocycles. The zero-order chi connectivity index (χ0) is 18.8. The van der Waals surface area contributed by atoms with Gasteiger partial charge in [-0.3, -0.25) is 4.79 Å². The largest absolute Gasteiger partial charge is 0.509 e. The Balaban J connectivity index is 2.17. The maximum Gasteiger partial charge on any atom is 0.195 e. The highest BCUT2D eigenvalue weighted by atomic mass is 35.5. The van der Waals surface area contributed by atoms with Gasteiger partial charge in [-0.1, -0.05) is 49.7 Å². The molecular weight excluding hydrogens is 348 g/mol. The van der Waals surface area contributed by atoms with Crippen molar-refractivity contribution in [1.29, 1.82) is 0 Å². The number of ketones is 1. The number of carbonyl (C=O) groups is 1. The molecule has 0 aromatic heterocycles. The highest BCUT2D eigenvalue weighted by Crippen LogP contribution is 2.35. The number of carbonyl (C=O) groups excluding carboxylic acids is 1. The standard InChI is InChI=1S/C22H23ClO3/c1-4-14-6-7-16(15-8-10-17(23)11-9-15)12-18(14)20-21(24)13(3)26-19(5-2)22(20)25/h6-13,19,25H,4-5H2,1-3H3/t13-,19+/m0/s1. The van der Waals surface area contributed by atoms with E-state index in [9.17, 15) is 9.90 Å². The SMILES string of the molecule is CCc1ccc(-c2ccc(Cl)cc2)cc1C1=C(O)[C@@H](CC)O[C@@H](C)C1=O. The smallest absolute Gasteiger partial charge is 0.195 e. The minimum absolute atomic E-state index is 0.0403. The molecule has 3 rings (SSSR count). The zero-order valence-corrected chi connectivity index (χ0v) is 16.0. The topological polar surface area (TPSA) is 46.5 Å². The van der Waals surface area contributed by atoms with Crippen molar-refractivity contribution in [2.75, 3.05) is 0 Å². The Morgan fingerprint density at radius 3 is 2.35 bits per heavy atom. The van der Waals surface area contributed by atoms with Gasteiger partial charge < -0.3 is 9.84 Å². The number of hydrogen-bond donors (Lipinski definition) is 1. The molecule has 1 aliphatic heterocycles. The van der Waals surface area contributed by atoms with Crippen LogP contribution in [-0.2, 0) is 16.0 Å². The van der Waals surface area contributed by atoms with E-state index < -0.39 is 12.2 Å². The van der Waals surface area contributed by atoms with Gasteiger partial charge in [-0.15, -0.1) is 0 Å². The molecule has 4 heteroatoms. The third-order valence-corrected chi connectivity index (χ3v) is 5.11. The molecule has 0 radical (unpaired) electrons. The van der Waals surface area contributed by atoms with Crippen molar-refractivity contribution >= 4 is 23.0 Å². The summed E-state index contributed by atoms with van der Waals surface area (Å²) in [6.45, 7) is 5.72. The lowest BCUT2D eigenvalue weighted by atomic mass is 9.87. The first-order valence-corrected chi connectivity index (χ1v) is 9.36. The van der Waals surface area contributed by atoms with Gasteiger partial charge in [0, 0.05) is 5.02 Å². The third kappa shape index (κ3) is 3.42. The zero-order valence-electron chi connectivity index (χ0n) is 15.3. The van der Waals surface area contributed by atoms with Crippen molar-refractivity contribution in [3.63, 3.8) is 0 Å². The number of hydrogen-bond acceptors (Lipinski definition) is 3. The first-order chi connectivity index (χ1) is 12.5. The Labute approximate surface area is 159 Å². The summed E-state index contributed by atoms with van der Waals surface area (Å²) >= 11 is 5.99. The van der Waals surface area contributed by atoms with Gasteiger partial charge in [0.1, 0.15) is 18.0 Å². The van der Waals surface area contributed by atoms with Crippen LogP contribution >= 0.6 is 11.6 Å². The number of ether oxygens (including phenoxy) is 1. The number of halogens is 1. The van der Waals surface area contributed by atoms with E-state index in [1.54, 1.807) is 6.92 Å². The maximum atomic E-state index is 12.8. The van der Waals surface area contributed by atoms with E-state index >= 15 is 0 Å². The maximum absolute atomic E-state index is 12.8. The average molecular weight is 371 g/mol. The lowest BCUT2D eigenvalue weighted by Crippen LogP contribution is -2.35. The van der Waals surface area contributed by atoms with Crippen molar-refractivity contribution in [2.45, 2.75) is 45.8 Å². The fraction of sp³-hybridized carbons (Fsp3) is 0.318. The first kappa shape index (κ1) is 18.7. The van der Waals surface area contributed by atoms with Gasteiger partial charge in [-0.05, 0) is 60.2 Å². The number of aryl methyl sites for hydroxylation is 1. The second-order valence-electron chi connectivity index (χ2n) is 6.53. The molecule has 26 heavy (non-hydrogen) atoms. The van der Waals surface area contributed by atoms with Crippen molar-refractivity contribution in [3.05, 3.63) is 64.4 Å². The van der Waals surface area contributed by atoms with Crippen LogP contribution in [0.3, 0.4) is 0 Å². The summed E-state index contributed by atoms with van der Waals surface area (Å²) in [7, 11) is 0. The van der Waals surface area contributed by atoms with Crippen LogP contribution in [0, 0.1) is 0 Å². The van der Waals surface area contributed by atoms with Gasteiger partial charge >= 0.3 is 0 Å². The van der Waals surface area contributed by atoms with Gasteiger partial charge in [0.15, 0.2) is 5.78 Å². The highest BCUT2D eigenvalue weighted by Gasteiger charge is 2.35. The average Bonchev–Trinajstić information content (AvgIpc) is 2.65. The van der Waals surface area contributed by atoms with Crippen LogP contribution in [0.5, 0.6) is 0 Å². The number of rotatable bonds is 4. The monoisotopic (exact) mass is 370 g/mol. The minimum Gasteiger partial charge on any atom is -0.509 e. The molecule has 0 bridgehead atoms. The van der Waals surface area contributed by atoms with Gasteiger partial charge in [0.2, 0.25) is 0 Å². The van der Waals surface area contributed by atoms with Crippen molar-refractivity contribution in [1.82, 2.24) is 0 Å². The molecule has 0 amide bonds. The summed E-state index contributed by atoms with van der Waals surface area (Å²) in [5.41, 5.74) is 4.20. The molecule has 1 heterocycles. The van der Waals surface area contributed by atoms with Gasteiger partial charge in [0.25, 0.3) is 0 Å². The van der Waals surface area contributed by atoms with Crippen molar-refractivity contribution in [3.8, 4) is 11.1 Å². The lowest BCUT2D eigenvalue weighted by Gasteiger charge is -2.29. The Kier molecular flexibility index (Phi) is 5.49. The highest BCUT2D eigenvalue weighted by molar-refractivity contribution is 6.30.